The molecule has 0 spiro atoms. The number of hydrogen-bond donors (Lipinski definition) is 0. The van der Waals surface area contributed by atoms with Gasteiger partial charge in [0, 0.05) is 0 Å². The van der Waals surface area contributed by atoms with Gasteiger partial charge in [-0.2, -0.15) is 0 Å². The molecule has 16 heavy (non-hydrogen) atoms. The first-order valence-corrected chi connectivity index (χ1v) is 5.13. The lowest BCUT2D eigenvalue weighted by Crippen LogP contribution is -2.12. The summed E-state index contributed by atoms with van der Waals surface area (Å²) in [6.45, 7) is 0. The highest BCUT2D eigenvalue weighted by molar-refractivity contribution is 9.18. The van der Waals surface area contributed by atoms with E-state index in [2.05, 4.69) is 31.9 Å². The van der Waals surface area contributed by atoms with Crippen molar-refractivity contribution < 1.29 is 27.2 Å². The number of carbonyl (C=O) groups excluding carboxylic acids is 2. The van der Waals surface area contributed by atoms with Crippen LogP contribution >= 0.6 is 31.9 Å². The summed E-state index contributed by atoms with van der Waals surface area (Å²) in [6.07, 6.45) is 0. The number of rotatable bonds is 2. The minimum absolute atomic E-state index is 1.34. The molecule has 0 atom stereocenters. The Hall–Kier alpha value is -0.760. The van der Waals surface area contributed by atoms with Gasteiger partial charge in [-0.3, -0.25) is 9.59 Å². The molecule has 2 nitrogen and oxygen atoms in total. The fourth-order valence-electron chi connectivity index (χ4n) is 0.979. The zero-order valence-electron chi connectivity index (χ0n) is 7.08. The zero-order valence-corrected chi connectivity index (χ0v) is 10.3. The van der Waals surface area contributed by atoms with Crippen molar-refractivity contribution in [2.45, 2.75) is 0 Å². The molecule has 0 heterocycles. The van der Waals surface area contributed by atoms with E-state index in [1.165, 1.54) is 0 Å². The molecule has 0 saturated carbocycles. The fraction of sp³-hybridized carbons (Fsp3) is 0. The summed E-state index contributed by atoms with van der Waals surface area (Å²) in [7, 11) is 0. The van der Waals surface area contributed by atoms with Gasteiger partial charge >= 0.3 is 0 Å². The van der Waals surface area contributed by atoms with Crippen molar-refractivity contribution in [3.63, 3.8) is 0 Å². The van der Waals surface area contributed by atoms with E-state index in [-0.39, 0.29) is 0 Å². The van der Waals surface area contributed by atoms with Gasteiger partial charge in [-0.15, -0.1) is 0 Å². The van der Waals surface area contributed by atoms with Gasteiger partial charge in [0.15, 0.2) is 23.3 Å². The van der Waals surface area contributed by atoms with Crippen molar-refractivity contribution in [1.29, 1.82) is 0 Å². The molecule has 0 aliphatic heterocycles. The van der Waals surface area contributed by atoms with Crippen molar-refractivity contribution >= 4 is 41.2 Å². The van der Waals surface area contributed by atoms with Gasteiger partial charge in [-0.05, 0) is 31.9 Å². The van der Waals surface area contributed by atoms with Crippen molar-refractivity contribution in [3.05, 3.63) is 34.4 Å². The van der Waals surface area contributed by atoms with E-state index < -0.39 is 43.8 Å². The van der Waals surface area contributed by atoms with Gasteiger partial charge < -0.3 is 0 Å². The molecule has 0 amide bonds. The Morgan fingerprint density at radius 3 is 1.25 bits per heavy atom. The molecule has 0 unspecified atom stereocenters. The van der Waals surface area contributed by atoms with Crippen molar-refractivity contribution in [1.82, 2.24) is 0 Å². The van der Waals surface area contributed by atoms with Gasteiger partial charge in [0.1, 0.15) is 11.1 Å². The van der Waals surface area contributed by atoms with E-state index in [1.54, 1.807) is 0 Å². The first-order valence-electron chi connectivity index (χ1n) is 3.54. The molecule has 0 bridgehead atoms. The third kappa shape index (κ3) is 2.03. The topological polar surface area (TPSA) is 34.1 Å². The van der Waals surface area contributed by atoms with E-state index in [0.717, 1.165) is 0 Å². The van der Waals surface area contributed by atoms with Gasteiger partial charge in [0.25, 0.3) is 0 Å². The summed E-state index contributed by atoms with van der Waals surface area (Å²) in [5, 5.41) is 0. The minimum atomic E-state index is -2.09. The van der Waals surface area contributed by atoms with E-state index in [1.807, 2.05) is 0 Å². The quantitative estimate of drug-likeness (QED) is 0.349. The molecule has 0 aliphatic carbocycles. The smallest absolute Gasteiger partial charge is 0.234 e. The normalized spacial score (nSPS) is 10.4. The molecule has 0 aliphatic rings. The Labute approximate surface area is 103 Å². The maximum absolute atomic E-state index is 13.3. The van der Waals surface area contributed by atoms with Gasteiger partial charge in [0.2, 0.25) is 9.39 Å². The number of benzene rings is 1. The van der Waals surface area contributed by atoms with Crippen LogP contribution in [-0.2, 0) is 0 Å². The Morgan fingerprint density at radius 2 is 1.00 bits per heavy atom. The molecule has 0 saturated heterocycles. The van der Waals surface area contributed by atoms with Crippen LogP contribution in [0, 0.1) is 23.3 Å². The maximum atomic E-state index is 13.3. The van der Waals surface area contributed by atoms with Crippen LogP contribution in [0.4, 0.5) is 17.6 Å². The molecule has 0 N–H and O–H groups in total. The van der Waals surface area contributed by atoms with Crippen molar-refractivity contribution in [3.8, 4) is 0 Å². The molecule has 1 aromatic carbocycles. The van der Waals surface area contributed by atoms with E-state index in [4.69, 9.17) is 0 Å². The van der Waals surface area contributed by atoms with Crippen LogP contribution in [0.2, 0.25) is 0 Å². The molecule has 0 fully saturated rings. The second kappa shape index (κ2) is 4.62. The van der Waals surface area contributed by atoms with Crippen molar-refractivity contribution in [2.24, 2.45) is 0 Å². The van der Waals surface area contributed by atoms with E-state index in [9.17, 15) is 27.2 Å². The van der Waals surface area contributed by atoms with Crippen LogP contribution in [0.1, 0.15) is 20.7 Å². The lowest BCUT2D eigenvalue weighted by atomic mass is 10.1. The molecule has 1 aromatic rings. The second-order valence-corrected chi connectivity index (χ2v) is 3.99. The average Bonchev–Trinajstić information content (AvgIpc) is 2.13. The molecular weight excluding hydrogens is 364 g/mol. The molecule has 0 radical (unpaired) electrons. The Balaban J connectivity index is 3.80. The monoisotopic (exact) mass is 362 g/mol. The Kier molecular flexibility index (Phi) is 3.84. The predicted octanol–water partition coefficient (Wildman–Crippen LogP) is 3.31. The number of carbonyl (C=O) groups is 2. The first-order chi connectivity index (χ1) is 7.29. The third-order valence-electron chi connectivity index (χ3n) is 1.66. The SMILES string of the molecule is O=C(Br)c1c(F)c(F)c(F)c(C(=O)Br)c1F. The second-order valence-electron chi connectivity index (χ2n) is 2.55. The van der Waals surface area contributed by atoms with Crippen LogP contribution in [0.15, 0.2) is 0 Å². The lowest BCUT2D eigenvalue weighted by molar-refractivity contribution is 0.108. The maximum Gasteiger partial charge on any atom is 0.234 e. The zero-order chi connectivity index (χ0) is 12.6. The van der Waals surface area contributed by atoms with Gasteiger partial charge in [-0.1, -0.05) is 0 Å². The van der Waals surface area contributed by atoms with Crippen LogP contribution < -0.4 is 0 Å². The summed E-state index contributed by atoms with van der Waals surface area (Å²) in [6, 6.07) is 0. The third-order valence-corrected chi connectivity index (χ3v) is 2.45. The first kappa shape index (κ1) is 13.3. The van der Waals surface area contributed by atoms with Gasteiger partial charge in [0.05, 0.1) is 0 Å². The van der Waals surface area contributed by atoms with E-state index in [0.29, 0.717) is 0 Å². The highest BCUT2D eigenvalue weighted by Crippen LogP contribution is 2.27. The largest absolute Gasteiger partial charge is 0.281 e. The minimum Gasteiger partial charge on any atom is -0.281 e. The van der Waals surface area contributed by atoms with E-state index >= 15 is 0 Å². The van der Waals surface area contributed by atoms with Gasteiger partial charge in [-0.25, -0.2) is 17.6 Å². The summed E-state index contributed by atoms with van der Waals surface area (Å²) >= 11 is 4.38. The summed E-state index contributed by atoms with van der Waals surface area (Å²) in [5.74, 6) is -7.84. The highest BCUT2D eigenvalue weighted by atomic mass is 79.9. The lowest BCUT2D eigenvalue weighted by Gasteiger charge is -2.06. The summed E-state index contributed by atoms with van der Waals surface area (Å²) in [5.41, 5.74) is -2.72. The molecule has 0 aromatic heterocycles. The van der Waals surface area contributed by atoms with Crippen LogP contribution in [0.3, 0.4) is 0 Å². The highest BCUT2D eigenvalue weighted by Gasteiger charge is 2.30. The molecular formula is C8Br2F4O2. The van der Waals surface area contributed by atoms with Crippen LogP contribution in [-0.4, -0.2) is 9.39 Å². The predicted molar refractivity (Wildman–Crippen MR) is 52.8 cm³/mol. The van der Waals surface area contributed by atoms with Crippen LogP contribution in [0.25, 0.3) is 0 Å². The molecule has 86 valence electrons. The summed E-state index contributed by atoms with van der Waals surface area (Å²) < 4.78 is 49.5. The van der Waals surface area contributed by atoms with Crippen LogP contribution in [0.5, 0.6) is 0 Å². The average molecular weight is 364 g/mol. The molecule has 8 heteroatoms. The Bertz CT molecular complexity index is 460. The Morgan fingerprint density at radius 1 is 0.688 bits per heavy atom. The molecule has 1 rings (SSSR count). The standard InChI is InChI=1S/C8Br2F4O2/c9-7(15)1-3(11)2(8(10)16)5(13)6(14)4(1)12. The summed E-state index contributed by atoms with van der Waals surface area (Å²) in [4.78, 5) is 21.5. The number of hydrogen-bond acceptors (Lipinski definition) is 2. The fourth-order valence-corrected chi connectivity index (χ4v) is 1.67. The number of halogens is 6. The van der Waals surface area contributed by atoms with Crippen molar-refractivity contribution in [2.75, 3.05) is 0 Å².